The monoisotopic (exact) mass is 514 g/mol. The number of allylic oxidation sites excluding steroid dienone is 5. The Hall–Kier alpha value is -2.55. The lowest BCUT2D eigenvalue weighted by Crippen LogP contribution is -2.56. The van der Waals surface area contributed by atoms with Crippen LogP contribution in [0.1, 0.15) is 123 Å². The van der Waals surface area contributed by atoms with Crippen molar-refractivity contribution in [3.63, 3.8) is 0 Å². The molecule has 0 N–H and O–H groups in total. The lowest BCUT2D eigenvalue weighted by Gasteiger charge is -2.60. The lowest BCUT2D eigenvalue weighted by atomic mass is 9.42. The predicted molar refractivity (Wildman–Crippen MR) is 156 cm³/mol. The van der Waals surface area contributed by atoms with Gasteiger partial charge < -0.3 is 0 Å². The SMILES string of the molecule is C=C1C2=C(C)[C@@]3(C)C(=O)C(C(C)=O)=C(C)C[C@@]3(C)C[C@@]2(C)Cc2c(C(C)C(C)=O)cc(C(C)(C)C)c(C)c21. The summed E-state index contributed by atoms with van der Waals surface area (Å²) in [7, 11) is 0. The topological polar surface area (TPSA) is 51.2 Å². The van der Waals surface area contributed by atoms with Crippen LogP contribution in [0.3, 0.4) is 0 Å². The molecule has 0 amide bonds. The summed E-state index contributed by atoms with van der Waals surface area (Å²) in [5, 5.41) is 0. The van der Waals surface area contributed by atoms with E-state index in [1.165, 1.54) is 29.2 Å². The Balaban J connectivity index is 2.08. The van der Waals surface area contributed by atoms with E-state index < -0.39 is 5.41 Å². The number of rotatable bonds is 3. The molecule has 0 heterocycles. The molecule has 38 heavy (non-hydrogen) atoms. The third-order valence-electron chi connectivity index (χ3n) is 10.6. The van der Waals surface area contributed by atoms with Crippen molar-refractivity contribution >= 4 is 22.9 Å². The highest BCUT2D eigenvalue weighted by molar-refractivity contribution is 6.23. The molecule has 4 rings (SSSR count). The Morgan fingerprint density at radius 1 is 1.03 bits per heavy atom. The highest BCUT2D eigenvalue weighted by Crippen LogP contribution is 2.68. The van der Waals surface area contributed by atoms with Crippen LogP contribution in [0.2, 0.25) is 0 Å². The van der Waals surface area contributed by atoms with E-state index in [2.05, 4.69) is 61.5 Å². The number of carbonyl (C=O) groups is 3. The number of Topliss-reactive ketones (excluding diaryl/α,β-unsaturated/α-hetero) is 3. The number of ketones is 3. The number of hydrogen-bond acceptors (Lipinski definition) is 3. The van der Waals surface area contributed by atoms with Crippen molar-refractivity contribution in [1.82, 2.24) is 0 Å². The molecule has 0 radical (unpaired) electrons. The Bertz CT molecular complexity index is 1390. The molecule has 3 aliphatic rings. The summed E-state index contributed by atoms with van der Waals surface area (Å²) in [6, 6.07) is 2.28. The van der Waals surface area contributed by atoms with E-state index in [-0.39, 0.29) is 39.5 Å². The van der Waals surface area contributed by atoms with Crippen LogP contribution in [0.25, 0.3) is 5.57 Å². The van der Waals surface area contributed by atoms with Gasteiger partial charge in [-0.05, 0) is 116 Å². The van der Waals surface area contributed by atoms with Crippen LogP contribution in [-0.4, -0.2) is 17.3 Å². The van der Waals surface area contributed by atoms with Crippen molar-refractivity contribution in [2.45, 2.75) is 114 Å². The minimum absolute atomic E-state index is 0.0343. The first-order valence-corrected chi connectivity index (χ1v) is 14.1. The number of hydrogen-bond donors (Lipinski definition) is 0. The molecule has 204 valence electrons. The van der Waals surface area contributed by atoms with Crippen molar-refractivity contribution < 1.29 is 14.4 Å². The van der Waals surface area contributed by atoms with Crippen molar-refractivity contribution in [1.29, 1.82) is 0 Å². The van der Waals surface area contributed by atoms with E-state index in [0.717, 1.165) is 47.1 Å². The molecule has 0 aliphatic heterocycles. The first kappa shape index (κ1) is 28.5. The number of fused-ring (bicyclic) bond motifs is 3. The Kier molecular flexibility index (Phi) is 6.35. The average Bonchev–Trinajstić information content (AvgIpc) is 2.74. The van der Waals surface area contributed by atoms with Crippen molar-refractivity contribution in [3.05, 3.63) is 62.8 Å². The van der Waals surface area contributed by atoms with Gasteiger partial charge in [-0.15, -0.1) is 0 Å². The highest BCUT2D eigenvalue weighted by atomic mass is 16.2. The first-order chi connectivity index (χ1) is 17.2. The summed E-state index contributed by atoms with van der Waals surface area (Å²) >= 11 is 0. The van der Waals surface area contributed by atoms with Crippen LogP contribution >= 0.6 is 0 Å². The van der Waals surface area contributed by atoms with Gasteiger partial charge in [-0.25, -0.2) is 0 Å². The molecule has 0 aromatic heterocycles. The largest absolute Gasteiger partial charge is 0.299 e. The normalized spacial score (nSPS) is 30.1. The maximum Gasteiger partial charge on any atom is 0.176 e. The summed E-state index contributed by atoms with van der Waals surface area (Å²) in [6.07, 6.45) is 2.36. The fourth-order valence-electron chi connectivity index (χ4n) is 8.64. The zero-order chi connectivity index (χ0) is 28.9. The minimum atomic E-state index is -0.770. The highest BCUT2D eigenvalue weighted by Gasteiger charge is 2.62. The van der Waals surface area contributed by atoms with Crippen LogP contribution in [0.4, 0.5) is 0 Å². The molecule has 0 saturated carbocycles. The summed E-state index contributed by atoms with van der Waals surface area (Å²) in [4.78, 5) is 39.5. The fraction of sp³-hybridized carbons (Fsp3) is 0.571. The summed E-state index contributed by atoms with van der Waals surface area (Å²) in [6.45, 7) is 29.5. The van der Waals surface area contributed by atoms with Crippen LogP contribution in [-0.2, 0) is 26.2 Å². The predicted octanol–water partition coefficient (Wildman–Crippen LogP) is 8.17. The average molecular weight is 515 g/mol. The summed E-state index contributed by atoms with van der Waals surface area (Å²) in [5.41, 5.74) is 9.08. The van der Waals surface area contributed by atoms with Crippen LogP contribution in [0.15, 0.2) is 34.9 Å². The Morgan fingerprint density at radius 3 is 2.11 bits per heavy atom. The molecule has 3 heteroatoms. The third kappa shape index (κ3) is 3.63. The molecule has 0 spiro atoms. The van der Waals surface area contributed by atoms with Gasteiger partial charge in [0.1, 0.15) is 5.78 Å². The van der Waals surface area contributed by atoms with Gasteiger partial charge in [-0.2, -0.15) is 0 Å². The van der Waals surface area contributed by atoms with Gasteiger partial charge in [-0.1, -0.05) is 65.3 Å². The van der Waals surface area contributed by atoms with Crippen molar-refractivity contribution in [2.75, 3.05) is 0 Å². The van der Waals surface area contributed by atoms with E-state index in [9.17, 15) is 14.4 Å². The minimum Gasteiger partial charge on any atom is -0.299 e. The number of carbonyl (C=O) groups excluding carboxylic acids is 3. The summed E-state index contributed by atoms with van der Waals surface area (Å²) < 4.78 is 0. The zero-order valence-corrected chi connectivity index (χ0v) is 25.7. The first-order valence-electron chi connectivity index (χ1n) is 14.1. The van der Waals surface area contributed by atoms with Crippen LogP contribution in [0.5, 0.6) is 0 Å². The zero-order valence-electron chi connectivity index (χ0n) is 25.7. The lowest BCUT2D eigenvalue weighted by molar-refractivity contribution is -0.134. The van der Waals surface area contributed by atoms with Gasteiger partial charge in [0.05, 0.1) is 11.0 Å². The van der Waals surface area contributed by atoms with E-state index in [0.29, 0.717) is 5.57 Å². The second kappa shape index (κ2) is 8.47. The second-order valence-corrected chi connectivity index (χ2v) is 14.4. The second-order valence-electron chi connectivity index (χ2n) is 14.4. The van der Waals surface area contributed by atoms with Gasteiger partial charge in [0.15, 0.2) is 11.6 Å². The molecule has 0 bridgehead atoms. The van der Waals surface area contributed by atoms with Crippen LogP contribution in [0, 0.1) is 23.2 Å². The van der Waals surface area contributed by atoms with Gasteiger partial charge in [0.25, 0.3) is 0 Å². The van der Waals surface area contributed by atoms with Gasteiger partial charge in [-0.3, -0.25) is 14.4 Å². The molecule has 1 unspecified atom stereocenters. The number of benzene rings is 1. The fourth-order valence-corrected chi connectivity index (χ4v) is 8.64. The van der Waals surface area contributed by atoms with Gasteiger partial charge in [0, 0.05) is 5.92 Å². The van der Waals surface area contributed by atoms with E-state index in [1.54, 1.807) is 6.92 Å². The standard InChI is InChI=1S/C35H46O3/c1-18-15-34(12)17-33(11)16-26-25(19(2)23(6)36)14-27(32(8,9)10)20(3)29(26)21(4)30(33)22(5)35(34,13)31(38)28(18)24(7)37/h14,19H,4,15-17H2,1-3,5-13H3/t19?,33-,34+,35+/m1/s1. The Labute approximate surface area is 229 Å². The smallest absolute Gasteiger partial charge is 0.176 e. The molecule has 4 atom stereocenters. The van der Waals surface area contributed by atoms with E-state index >= 15 is 0 Å². The molecule has 1 aromatic carbocycles. The maximum absolute atomic E-state index is 14.2. The summed E-state index contributed by atoms with van der Waals surface area (Å²) in [5.74, 6) is -0.198. The van der Waals surface area contributed by atoms with E-state index in [4.69, 9.17) is 6.58 Å². The molecule has 0 saturated heterocycles. The molecular formula is C35H46O3. The third-order valence-corrected chi connectivity index (χ3v) is 10.6. The van der Waals surface area contributed by atoms with Gasteiger partial charge >= 0.3 is 0 Å². The van der Waals surface area contributed by atoms with Crippen molar-refractivity contribution in [3.8, 4) is 0 Å². The molecule has 0 fully saturated rings. The van der Waals surface area contributed by atoms with Crippen LogP contribution < -0.4 is 0 Å². The molecule has 3 nitrogen and oxygen atoms in total. The van der Waals surface area contributed by atoms with Gasteiger partial charge in [0.2, 0.25) is 0 Å². The molecule has 3 aliphatic carbocycles. The van der Waals surface area contributed by atoms with E-state index in [1.807, 2.05) is 13.8 Å². The van der Waals surface area contributed by atoms with Crippen molar-refractivity contribution in [2.24, 2.45) is 16.2 Å². The molecule has 1 aromatic rings. The maximum atomic E-state index is 14.2. The molecular weight excluding hydrogens is 468 g/mol. The Morgan fingerprint density at radius 2 is 1.61 bits per heavy atom. The quantitative estimate of drug-likeness (QED) is 0.382.